The second-order valence-electron chi connectivity index (χ2n) is 1.70. The van der Waals surface area contributed by atoms with E-state index in [0.717, 1.165) is 0 Å². The van der Waals surface area contributed by atoms with Crippen molar-refractivity contribution in [1.29, 1.82) is 0 Å². The summed E-state index contributed by atoms with van der Waals surface area (Å²) in [6.45, 7) is 0. The van der Waals surface area contributed by atoms with Gasteiger partial charge in [0.25, 0.3) is 0 Å². The molecule has 0 spiro atoms. The van der Waals surface area contributed by atoms with Gasteiger partial charge in [-0.2, -0.15) is 19.8 Å². The van der Waals surface area contributed by atoms with E-state index in [-0.39, 0.29) is 35.9 Å². The zero-order valence-corrected chi connectivity index (χ0v) is 11.8. The first kappa shape index (κ1) is 14.0. The van der Waals surface area contributed by atoms with E-state index in [2.05, 4.69) is 3.97 Å². The SMILES string of the molecule is O=[P+](Cl)OS(=O)(=O)c1ccsc1.[H-].[Na+]. The van der Waals surface area contributed by atoms with E-state index in [1.54, 1.807) is 5.38 Å². The molecule has 0 saturated carbocycles. The Bertz CT molecular complexity index is 380. The summed E-state index contributed by atoms with van der Waals surface area (Å²) in [4.78, 5) is -0.0310. The van der Waals surface area contributed by atoms with Crippen molar-refractivity contribution in [3.63, 3.8) is 0 Å². The van der Waals surface area contributed by atoms with Gasteiger partial charge in [-0.15, -0.1) is 0 Å². The molecule has 13 heavy (non-hydrogen) atoms. The van der Waals surface area contributed by atoms with Gasteiger partial charge in [0.15, 0.2) is 0 Å². The molecule has 0 N–H and O–H groups in total. The van der Waals surface area contributed by atoms with Crippen LogP contribution in [0.15, 0.2) is 21.7 Å². The molecule has 0 aliphatic heterocycles. The molecule has 1 heterocycles. The Hall–Kier alpha value is 1.000. The number of halogens is 1. The van der Waals surface area contributed by atoms with Crippen LogP contribution in [0.2, 0.25) is 0 Å². The quantitative estimate of drug-likeness (QED) is 0.547. The molecule has 4 nitrogen and oxygen atoms in total. The van der Waals surface area contributed by atoms with Crippen LogP contribution in [0.25, 0.3) is 0 Å². The van der Waals surface area contributed by atoms with Gasteiger partial charge in [0, 0.05) is 9.35 Å². The average molecular weight is 270 g/mol. The molecule has 0 fully saturated rings. The minimum Gasteiger partial charge on any atom is -1.00 e. The fourth-order valence-corrected chi connectivity index (χ4v) is 3.62. The first-order valence-electron chi connectivity index (χ1n) is 2.62. The van der Waals surface area contributed by atoms with Gasteiger partial charge < -0.3 is 1.43 Å². The number of rotatable bonds is 3. The van der Waals surface area contributed by atoms with Crippen molar-refractivity contribution in [2.24, 2.45) is 0 Å². The van der Waals surface area contributed by atoms with Gasteiger partial charge in [-0.25, -0.2) is 0 Å². The van der Waals surface area contributed by atoms with Crippen LogP contribution in [0.3, 0.4) is 0 Å². The van der Waals surface area contributed by atoms with E-state index >= 15 is 0 Å². The molecule has 1 rings (SSSR count). The third-order valence-corrected chi connectivity index (χ3v) is 4.37. The number of thiophene rings is 1. The molecule has 0 bridgehead atoms. The first-order valence-corrected chi connectivity index (χ1v) is 7.05. The van der Waals surface area contributed by atoms with Crippen LogP contribution < -0.4 is 29.6 Å². The van der Waals surface area contributed by atoms with Gasteiger partial charge in [0.1, 0.15) is 4.90 Å². The van der Waals surface area contributed by atoms with Crippen LogP contribution in [-0.2, 0) is 18.7 Å². The van der Waals surface area contributed by atoms with Crippen molar-refractivity contribution >= 4 is 40.1 Å². The molecule has 1 aromatic rings. The second kappa shape index (κ2) is 5.78. The van der Waals surface area contributed by atoms with Gasteiger partial charge >= 0.3 is 47.1 Å². The molecule has 1 unspecified atom stereocenters. The monoisotopic (exact) mass is 269 g/mol. The average Bonchev–Trinajstić information content (AvgIpc) is 2.32. The van der Waals surface area contributed by atoms with Crippen LogP contribution in [0.1, 0.15) is 1.43 Å². The second-order valence-corrected chi connectivity index (χ2v) is 5.71. The Morgan fingerprint density at radius 1 is 1.62 bits per heavy atom. The fourth-order valence-electron chi connectivity index (χ4n) is 0.514. The van der Waals surface area contributed by atoms with E-state index < -0.39 is 17.5 Å². The van der Waals surface area contributed by atoms with Crippen molar-refractivity contribution in [1.82, 2.24) is 0 Å². The maximum Gasteiger partial charge on any atom is 1.00 e. The van der Waals surface area contributed by atoms with Crippen LogP contribution in [0.5, 0.6) is 0 Å². The van der Waals surface area contributed by atoms with Crippen molar-refractivity contribution < 1.29 is 47.9 Å². The smallest absolute Gasteiger partial charge is 1.00 e. The molecule has 9 heteroatoms. The molecule has 0 amide bonds. The van der Waals surface area contributed by atoms with E-state index in [1.165, 1.54) is 22.8 Å². The normalized spacial score (nSPS) is 11.9. The third-order valence-electron chi connectivity index (χ3n) is 0.940. The number of hydrogen-bond donors (Lipinski definition) is 0. The van der Waals surface area contributed by atoms with Crippen molar-refractivity contribution in [3.8, 4) is 0 Å². The minimum atomic E-state index is -3.92. The zero-order chi connectivity index (χ0) is 9.19. The van der Waals surface area contributed by atoms with E-state index in [0.29, 0.717) is 0 Å². The maximum atomic E-state index is 11.0. The van der Waals surface area contributed by atoms with Gasteiger partial charge in [0.05, 0.1) is 0 Å². The van der Waals surface area contributed by atoms with Gasteiger partial charge in [-0.05, 0) is 16.0 Å². The summed E-state index contributed by atoms with van der Waals surface area (Å²) in [5.74, 6) is 0. The molecule has 0 aromatic carbocycles. The summed E-state index contributed by atoms with van der Waals surface area (Å²) in [6, 6.07) is 1.34. The first-order chi connectivity index (χ1) is 5.52. The summed E-state index contributed by atoms with van der Waals surface area (Å²) in [6.07, 6.45) is 0. The predicted octanol–water partition coefficient (Wildman–Crippen LogP) is -0.534. The minimum absolute atomic E-state index is 0. The Labute approximate surface area is 109 Å². The molecule has 68 valence electrons. The summed E-state index contributed by atoms with van der Waals surface area (Å²) in [5.41, 5.74) is 0. The van der Waals surface area contributed by atoms with Gasteiger partial charge in [0.2, 0.25) is 11.2 Å². The summed E-state index contributed by atoms with van der Waals surface area (Å²) >= 11 is 6.09. The molecule has 0 radical (unpaired) electrons. The van der Waals surface area contributed by atoms with E-state index in [9.17, 15) is 13.0 Å². The van der Waals surface area contributed by atoms with Crippen LogP contribution >= 0.6 is 30.0 Å². The molecule has 0 aliphatic rings. The third kappa shape index (κ3) is 4.36. The van der Waals surface area contributed by atoms with Gasteiger partial charge in [-0.1, -0.05) is 0 Å². The van der Waals surface area contributed by atoms with Crippen LogP contribution in [0, 0.1) is 0 Å². The fraction of sp³-hybridized carbons (Fsp3) is 0. The molecule has 0 aliphatic carbocycles. The standard InChI is InChI=1S/C4H3ClO4PS2.Na.H/c5-10(6)9-12(7,8)4-1-2-11-3-4;;/h1-3H;;/q2*+1;-1. The summed E-state index contributed by atoms with van der Waals surface area (Å²) in [5, 5.41) is 2.93. The Morgan fingerprint density at radius 3 is 2.62 bits per heavy atom. The van der Waals surface area contributed by atoms with Crippen molar-refractivity contribution in [3.05, 3.63) is 16.8 Å². The maximum absolute atomic E-state index is 11.0. The molecule has 0 saturated heterocycles. The predicted molar refractivity (Wildman–Crippen MR) is 47.2 cm³/mol. The molecule has 1 aromatic heterocycles. The molecule has 1 atom stereocenters. The molecular formula is C4H4ClNaO4PS2+. The molecular weight excluding hydrogens is 266 g/mol. The van der Waals surface area contributed by atoms with Crippen molar-refractivity contribution in [2.45, 2.75) is 4.90 Å². The topological polar surface area (TPSA) is 60.4 Å². The Kier molecular flexibility index (Phi) is 6.22. The van der Waals surface area contributed by atoms with Crippen LogP contribution in [-0.4, -0.2) is 8.42 Å². The zero-order valence-electron chi connectivity index (χ0n) is 7.51. The number of hydrogen-bond acceptors (Lipinski definition) is 5. The summed E-state index contributed by atoms with van der Waals surface area (Å²) in [7, 11) is -6.58. The van der Waals surface area contributed by atoms with E-state index in [1.807, 2.05) is 0 Å². The Morgan fingerprint density at radius 2 is 2.23 bits per heavy atom. The summed E-state index contributed by atoms with van der Waals surface area (Å²) < 4.78 is 36.3. The largest absolute Gasteiger partial charge is 1.00 e. The van der Waals surface area contributed by atoms with E-state index in [4.69, 9.17) is 11.2 Å². The van der Waals surface area contributed by atoms with Crippen molar-refractivity contribution in [2.75, 3.05) is 0 Å². The van der Waals surface area contributed by atoms with Gasteiger partial charge in [-0.3, -0.25) is 0 Å². The van der Waals surface area contributed by atoms with Crippen LogP contribution in [0.4, 0.5) is 0 Å². The Balaban J connectivity index is 0.